The van der Waals surface area contributed by atoms with E-state index in [1.165, 1.54) is 0 Å². The van der Waals surface area contributed by atoms with Crippen LogP contribution in [0.2, 0.25) is 5.02 Å². The van der Waals surface area contributed by atoms with E-state index in [1.54, 1.807) is 6.20 Å². The lowest BCUT2D eigenvalue weighted by atomic mass is 9.92. The zero-order chi connectivity index (χ0) is 16.1. The molecule has 114 valence electrons. The molecular weight excluding hydrogens is 280 g/mol. The highest BCUT2D eigenvalue weighted by molar-refractivity contribution is 6.31. The average molecular weight is 305 g/mol. The maximum Gasteiger partial charge on any atom is 0.0642 e. The third-order valence-corrected chi connectivity index (χ3v) is 3.21. The zero-order valence-corrected chi connectivity index (χ0v) is 14.6. The second kappa shape index (κ2) is 7.04. The normalized spacial score (nSPS) is 11.6. The topological polar surface area (TPSA) is 25.8 Å². The number of nitrogens with zero attached hydrogens (tertiary/aromatic N) is 2. The molecule has 0 aliphatic carbocycles. The van der Waals surface area contributed by atoms with E-state index in [9.17, 15) is 0 Å². The van der Waals surface area contributed by atoms with Crippen LogP contribution in [-0.4, -0.2) is 9.97 Å². The summed E-state index contributed by atoms with van der Waals surface area (Å²) in [5.41, 5.74) is 2.33. The van der Waals surface area contributed by atoms with Gasteiger partial charge in [0.15, 0.2) is 0 Å². The van der Waals surface area contributed by atoms with E-state index in [-0.39, 0.29) is 10.8 Å². The van der Waals surface area contributed by atoms with Crippen LogP contribution in [0.15, 0.2) is 42.7 Å². The molecule has 0 saturated heterocycles. The van der Waals surface area contributed by atoms with Gasteiger partial charge in [-0.05, 0) is 24.3 Å². The first-order valence-electron chi connectivity index (χ1n) is 7.15. The lowest BCUT2D eigenvalue weighted by Crippen LogP contribution is -2.13. The molecule has 0 bridgehead atoms. The zero-order valence-electron chi connectivity index (χ0n) is 13.8. The molecule has 0 fully saturated rings. The minimum Gasteiger partial charge on any atom is -0.261 e. The molecular formula is C18H25ClN2. The van der Waals surface area contributed by atoms with E-state index in [0.717, 1.165) is 16.4 Å². The van der Waals surface area contributed by atoms with Crippen LogP contribution in [0.3, 0.4) is 0 Å². The molecule has 0 spiro atoms. The largest absolute Gasteiger partial charge is 0.261 e. The maximum absolute atomic E-state index is 5.95. The monoisotopic (exact) mass is 304 g/mol. The molecule has 0 aliphatic heterocycles. The van der Waals surface area contributed by atoms with Crippen LogP contribution in [0.25, 0.3) is 0 Å². The van der Waals surface area contributed by atoms with E-state index in [4.69, 9.17) is 11.6 Å². The molecule has 0 saturated carbocycles. The van der Waals surface area contributed by atoms with Gasteiger partial charge >= 0.3 is 0 Å². The van der Waals surface area contributed by atoms with Gasteiger partial charge in [0.2, 0.25) is 0 Å². The molecule has 21 heavy (non-hydrogen) atoms. The smallest absolute Gasteiger partial charge is 0.0642 e. The number of rotatable bonds is 0. The first kappa shape index (κ1) is 17.6. The summed E-state index contributed by atoms with van der Waals surface area (Å²) < 4.78 is 0. The maximum atomic E-state index is 5.95. The Kier molecular flexibility index (Phi) is 5.91. The first-order chi connectivity index (χ1) is 9.62. The summed E-state index contributed by atoms with van der Waals surface area (Å²) in [7, 11) is 0. The van der Waals surface area contributed by atoms with Crippen molar-refractivity contribution >= 4 is 11.6 Å². The first-order valence-corrected chi connectivity index (χ1v) is 7.52. The van der Waals surface area contributed by atoms with Crippen molar-refractivity contribution in [2.24, 2.45) is 0 Å². The fourth-order valence-electron chi connectivity index (χ4n) is 1.74. The Morgan fingerprint density at radius 1 is 0.762 bits per heavy atom. The van der Waals surface area contributed by atoms with Crippen molar-refractivity contribution < 1.29 is 0 Å². The van der Waals surface area contributed by atoms with Crippen LogP contribution in [0.4, 0.5) is 0 Å². The number of hydrogen-bond acceptors (Lipinski definition) is 2. The Labute approximate surface area is 133 Å². The SMILES string of the molecule is CC(C)(C)c1ccccn1.CC(C)(C)c1ncccc1Cl. The third-order valence-electron chi connectivity index (χ3n) is 2.90. The van der Waals surface area contributed by atoms with Gasteiger partial charge in [0, 0.05) is 28.9 Å². The Morgan fingerprint density at radius 3 is 1.71 bits per heavy atom. The van der Waals surface area contributed by atoms with Crippen molar-refractivity contribution in [3.63, 3.8) is 0 Å². The Hall–Kier alpha value is -1.41. The molecule has 0 aliphatic rings. The number of pyridine rings is 2. The standard InChI is InChI=1S/C9H12ClN.C9H13N/c1-9(2,3)8-7(10)5-4-6-11-8;1-9(2,3)8-6-4-5-7-10-8/h4-6H,1-3H3;4-7H,1-3H3. The van der Waals surface area contributed by atoms with Gasteiger partial charge in [-0.1, -0.05) is 59.2 Å². The summed E-state index contributed by atoms with van der Waals surface area (Å²) in [6.45, 7) is 12.8. The molecule has 0 aromatic carbocycles. The van der Waals surface area contributed by atoms with E-state index in [1.807, 2.05) is 30.5 Å². The fourth-order valence-corrected chi connectivity index (χ4v) is 2.15. The van der Waals surface area contributed by atoms with Crippen molar-refractivity contribution in [2.45, 2.75) is 52.4 Å². The second-order valence-electron chi connectivity index (χ2n) is 7.05. The van der Waals surface area contributed by atoms with Crippen LogP contribution in [0.5, 0.6) is 0 Å². The molecule has 0 atom stereocenters. The quantitative estimate of drug-likeness (QED) is 0.650. The van der Waals surface area contributed by atoms with E-state index in [0.29, 0.717) is 0 Å². The molecule has 3 heteroatoms. The second-order valence-corrected chi connectivity index (χ2v) is 7.46. The summed E-state index contributed by atoms with van der Waals surface area (Å²) in [4.78, 5) is 8.47. The Balaban J connectivity index is 0.000000211. The highest BCUT2D eigenvalue weighted by Gasteiger charge is 2.17. The van der Waals surface area contributed by atoms with Crippen LogP contribution >= 0.6 is 11.6 Å². The number of hydrogen-bond donors (Lipinski definition) is 0. The molecule has 2 aromatic rings. The minimum atomic E-state index is 0.0400. The fraction of sp³-hybridized carbons (Fsp3) is 0.444. The van der Waals surface area contributed by atoms with Crippen molar-refractivity contribution in [2.75, 3.05) is 0 Å². The summed E-state index contributed by atoms with van der Waals surface area (Å²) in [5, 5.41) is 0.750. The van der Waals surface area contributed by atoms with E-state index >= 15 is 0 Å². The molecule has 2 heterocycles. The van der Waals surface area contributed by atoms with E-state index in [2.05, 4.69) is 57.6 Å². The van der Waals surface area contributed by atoms with E-state index < -0.39 is 0 Å². The summed E-state index contributed by atoms with van der Waals surface area (Å²) >= 11 is 5.95. The Bertz CT molecular complexity index is 551. The van der Waals surface area contributed by atoms with Crippen molar-refractivity contribution in [3.8, 4) is 0 Å². The predicted octanol–water partition coefficient (Wildman–Crippen LogP) is 5.41. The third kappa shape index (κ3) is 5.84. The highest BCUT2D eigenvalue weighted by atomic mass is 35.5. The number of halogens is 1. The van der Waals surface area contributed by atoms with Gasteiger partial charge in [-0.25, -0.2) is 0 Å². The highest BCUT2D eigenvalue weighted by Crippen LogP contribution is 2.26. The molecule has 0 N–H and O–H groups in total. The predicted molar refractivity (Wildman–Crippen MR) is 90.9 cm³/mol. The van der Waals surface area contributed by atoms with Gasteiger partial charge in [0.25, 0.3) is 0 Å². The summed E-state index contributed by atoms with van der Waals surface area (Å²) in [6, 6.07) is 9.73. The molecule has 2 rings (SSSR count). The van der Waals surface area contributed by atoms with Crippen LogP contribution in [0, 0.1) is 0 Å². The summed E-state index contributed by atoms with van der Waals surface area (Å²) in [5.74, 6) is 0. The van der Waals surface area contributed by atoms with Gasteiger partial charge in [-0.15, -0.1) is 0 Å². The minimum absolute atomic E-state index is 0.0400. The van der Waals surface area contributed by atoms with Gasteiger partial charge in [-0.2, -0.15) is 0 Å². The lowest BCUT2D eigenvalue weighted by molar-refractivity contribution is 0.569. The van der Waals surface area contributed by atoms with Crippen molar-refractivity contribution in [1.82, 2.24) is 9.97 Å². The van der Waals surface area contributed by atoms with Crippen molar-refractivity contribution in [1.29, 1.82) is 0 Å². The number of aromatic nitrogens is 2. The molecule has 0 unspecified atom stereocenters. The molecule has 2 aromatic heterocycles. The van der Waals surface area contributed by atoms with Crippen LogP contribution in [-0.2, 0) is 10.8 Å². The van der Waals surface area contributed by atoms with Gasteiger partial charge in [0.05, 0.1) is 10.7 Å². The van der Waals surface area contributed by atoms with Crippen molar-refractivity contribution in [3.05, 3.63) is 59.1 Å². The van der Waals surface area contributed by atoms with Crippen LogP contribution in [0.1, 0.15) is 52.9 Å². The van der Waals surface area contributed by atoms with Gasteiger partial charge in [0.1, 0.15) is 0 Å². The van der Waals surface area contributed by atoms with Crippen LogP contribution < -0.4 is 0 Å². The molecule has 0 radical (unpaired) electrons. The molecule has 2 nitrogen and oxygen atoms in total. The Morgan fingerprint density at radius 2 is 1.38 bits per heavy atom. The summed E-state index contributed by atoms with van der Waals surface area (Å²) in [6.07, 6.45) is 3.60. The van der Waals surface area contributed by atoms with Gasteiger partial charge in [-0.3, -0.25) is 9.97 Å². The lowest BCUT2D eigenvalue weighted by Gasteiger charge is -2.18. The molecule has 0 amide bonds. The average Bonchev–Trinajstić information content (AvgIpc) is 2.39. The van der Waals surface area contributed by atoms with Gasteiger partial charge < -0.3 is 0 Å².